The van der Waals surface area contributed by atoms with E-state index in [0.29, 0.717) is 0 Å². The number of furan rings is 1. The van der Waals surface area contributed by atoms with Crippen molar-refractivity contribution in [1.82, 2.24) is 0 Å². The lowest BCUT2D eigenvalue weighted by Crippen LogP contribution is -2.31. The highest BCUT2D eigenvalue weighted by Crippen LogP contribution is 2.66. The molecule has 0 radical (unpaired) electrons. The molecule has 3 unspecified atom stereocenters. The summed E-state index contributed by atoms with van der Waals surface area (Å²) in [7, 11) is 0. The van der Waals surface area contributed by atoms with Crippen LogP contribution in [0.5, 0.6) is 0 Å². The average Bonchev–Trinajstić information content (AvgIpc) is 3.94. The van der Waals surface area contributed by atoms with Crippen molar-refractivity contribution in [1.29, 1.82) is 0 Å². The van der Waals surface area contributed by atoms with E-state index in [-0.39, 0.29) is 5.41 Å². The molecule has 1 spiro atoms. The van der Waals surface area contributed by atoms with Gasteiger partial charge in [-0.3, -0.25) is 0 Å². The van der Waals surface area contributed by atoms with Gasteiger partial charge in [0.15, 0.2) is 0 Å². The Labute approximate surface area is 286 Å². The Kier molecular flexibility index (Phi) is 5.70. The van der Waals surface area contributed by atoms with Crippen molar-refractivity contribution < 1.29 is 4.42 Å². The molecule has 2 saturated carbocycles. The van der Waals surface area contributed by atoms with E-state index in [0.717, 1.165) is 50.8 Å². The summed E-state index contributed by atoms with van der Waals surface area (Å²) in [6.07, 6.45) is 5.46. The molecule has 2 bridgehead atoms. The van der Waals surface area contributed by atoms with Crippen LogP contribution in [0.15, 0.2) is 156 Å². The summed E-state index contributed by atoms with van der Waals surface area (Å²) in [6.45, 7) is 0. The van der Waals surface area contributed by atoms with Crippen molar-refractivity contribution in [3.8, 4) is 22.3 Å². The molecular formula is C47H35NO. The zero-order valence-corrected chi connectivity index (χ0v) is 27.3. The summed E-state index contributed by atoms with van der Waals surface area (Å²) in [6, 6.07) is 55.9. The molecule has 0 saturated heterocycles. The lowest BCUT2D eigenvalue weighted by atomic mass is 9.66. The number of nitrogens with zero attached hydrogens (tertiary/aromatic N) is 1. The van der Waals surface area contributed by atoms with Crippen molar-refractivity contribution in [2.75, 3.05) is 4.90 Å². The molecular weight excluding hydrogens is 595 g/mol. The first-order valence-corrected chi connectivity index (χ1v) is 17.8. The second kappa shape index (κ2) is 10.2. The fourth-order valence-electron chi connectivity index (χ4n) is 10.2. The quantitative estimate of drug-likeness (QED) is 0.193. The fourth-order valence-corrected chi connectivity index (χ4v) is 10.2. The maximum absolute atomic E-state index is 6.38. The molecule has 7 aromatic carbocycles. The molecule has 3 atom stereocenters. The number of anilines is 3. The molecule has 3 aliphatic rings. The van der Waals surface area contributed by atoms with Gasteiger partial charge in [0.05, 0.1) is 5.69 Å². The number of fused-ring (bicyclic) bond motifs is 12. The first-order valence-electron chi connectivity index (χ1n) is 17.8. The molecule has 0 amide bonds. The molecule has 3 aliphatic carbocycles. The van der Waals surface area contributed by atoms with E-state index in [9.17, 15) is 0 Å². The Morgan fingerprint density at radius 3 is 2.14 bits per heavy atom. The summed E-state index contributed by atoms with van der Waals surface area (Å²) in [5, 5.41) is 4.72. The lowest BCUT2D eigenvalue weighted by Gasteiger charge is -2.36. The number of hydrogen-bond acceptors (Lipinski definition) is 2. The Morgan fingerprint density at radius 2 is 1.27 bits per heavy atom. The first-order chi connectivity index (χ1) is 24.3. The standard InChI is InChI=1S/C47H35NO/c1-2-11-36-31(9-1)10-7-17-43(36)48(35-25-26-39-38-12-4-6-18-44(38)49-45(39)28-35)34-23-20-32(21-24-34)37-14-8-16-42-46(37)40-13-3-5-15-41(40)47(42)29-30-19-22-33(47)27-30/h1-18,20-21,23-26,28,30,33H,19,22,27,29H2. The van der Waals surface area contributed by atoms with Gasteiger partial charge in [0.2, 0.25) is 0 Å². The predicted molar refractivity (Wildman–Crippen MR) is 203 cm³/mol. The molecule has 2 fully saturated rings. The number of benzene rings is 7. The highest BCUT2D eigenvalue weighted by molar-refractivity contribution is 6.07. The smallest absolute Gasteiger partial charge is 0.137 e. The maximum atomic E-state index is 6.38. The highest BCUT2D eigenvalue weighted by Gasteiger charge is 2.56. The van der Waals surface area contributed by atoms with Crippen LogP contribution in [0, 0.1) is 11.8 Å². The summed E-state index contributed by atoms with van der Waals surface area (Å²) in [5.74, 6) is 1.63. The molecule has 234 valence electrons. The third-order valence-electron chi connectivity index (χ3n) is 12.1. The fraction of sp³-hybridized carbons (Fsp3) is 0.149. The van der Waals surface area contributed by atoms with Crippen LogP contribution < -0.4 is 4.90 Å². The Morgan fingerprint density at radius 1 is 0.551 bits per heavy atom. The van der Waals surface area contributed by atoms with Crippen molar-refractivity contribution in [2.24, 2.45) is 11.8 Å². The van der Waals surface area contributed by atoms with Crippen molar-refractivity contribution in [2.45, 2.75) is 31.1 Å². The van der Waals surface area contributed by atoms with Crippen molar-refractivity contribution in [3.05, 3.63) is 163 Å². The van der Waals surface area contributed by atoms with Gasteiger partial charge in [-0.05, 0) is 106 Å². The van der Waals surface area contributed by atoms with E-state index in [1.807, 2.05) is 12.1 Å². The van der Waals surface area contributed by atoms with Gasteiger partial charge in [0, 0.05) is 39.0 Å². The van der Waals surface area contributed by atoms with Crippen LogP contribution in [0.2, 0.25) is 0 Å². The van der Waals surface area contributed by atoms with Crippen LogP contribution in [-0.4, -0.2) is 0 Å². The van der Waals surface area contributed by atoms with E-state index in [1.54, 1.807) is 11.1 Å². The molecule has 2 nitrogen and oxygen atoms in total. The largest absolute Gasteiger partial charge is 0.456 e. The van der Waals surface area contributed by atoms with Crippen LogP contribution in [0.1, 0.15) is 36.8 Å². The van der Waals surface area contributed by atoms with E-state index >= 15 is 0 Å². The molecule has 2 heteroatoms. The van der Waals surface area contributed by atoms with Crippen LogP contribution in [0.25, 0.3) is 55.0 Å². The van der Waals surface area contributed by atoms with Gasteiger partial charge in [-0.1, -0.05) is 116 Å². The zero-order chi connectivity index (χ0) is 32.1. The average molecular weight is 630 g/mol. The highest BCUT2D eigenvalue weighted by atomic mass is 16.3. The van der Waals surface area contributed by atoms with Crippen LogP contribution in [0.4, 0.5) is 17.1 Å². The third-order valence-corrected chi connectivity index (χ3v) is 12.1. The Balaban J connectivity index is 1.07. The maximum Gasteiger partial charge on any atom is 0.137 e. The molecule has 0 N–H and O–H groups in total. The molecule has 11 rings (SSSR count). The third kappa shape index (κ3) is 3.83. The molecule has 49 heavy (non-hydrogen) atoms. The molecule has 1 heterocycles. The van der Waals surface area contributed by atoms with Crippen LogP contribution in [-0.2, 0) is 5.41 Å². The van der Waals surface area contributed by atoms with E-state index in [2.05, 4.69) is 144 Å². The van der Waals surface area contributed by atoms with Crippen molar-refractivity contribution in [3.63, 3.8) is 0 Å². The monoisotopic (exact) mass is 629 g/mol. The van der Waals surface area contributed by atoms with E-state index in [4.69, 9.17) is 4.42 Å². The summed E-state index contributed by atoms with van der Waals surface area (Å²) >= 11 is 0. The van der Waals surface area contributed by atoms with Crippen molar-refractivity contribution >= 4 is 49.8 Å². The zero-order valence-electron chi connectivity index (χ0n) is 27.3. The van der Waals surface area contributed by atoms with Crippen LogP contribution in [0.3, 0.4) is 0 Å². The van der Waals surface area contributed by atoms with E-state index < -0.39 is 0 Å². The molecule has 1 aromatic heterocycles. The summed E-state index contributed by atoms with van der Waals surface area (Å²) < 4.78 is 6.38. The topological polar surface area (TPSA) is 16.4 Å². The Bertz CT molecular complexity index is 2590. The minimum atomic E-state index is 0.186. The van der Waals surface area contributed by atoms with Gasteiger partial charge in [-0.2, -0.15) is 0 Å². The first kappa shape index (κ1) is 27.4. The van der Waals surface area contributed by atoms with Crippen LogP contribution >= 0.6 is 0 Å². The minimum Gasteiger partial charge on any atom is -0.456 e. The molecule has 8 aromatic rings. The van der Waals surface area contributed by atoms with Gasteiger partial charge in [-0.15, -0.1) is 0 Å². The SMILES string of the molecule is c1ccc2c(c1)-c1c(-c3ccc(N(c4ccc5c(c4)oc4ccccc45)c4cccc5ccccc45)cc3)cccc1C21CC2CCC1C2. The number of hydrogen-bond donors (Lipinski definition) is 0. The number of para-hydroxylation sites is 1. The van der Waals surface area contributed by atoms with Gasteiger partial charge >= 0.3 is 0 Å². The van der Waals surface area contributed by atoms with Gasteiger partial charge < -0.3 is 9.32 Å². The second-order valence-electron chi connectivity index (χ2n) is 14.5. The minimum absolute atomic E-state index is 0.186. The molecule has 0 aliphatic heterocycles. The van der Waals surface area contributed by atoms with Gasteiger partial charge in [0.25, 0.3) is 0 Å². The number of rotatable bonds is 4. The second-order valence-corrected chi connectivity index (χ2v) is 14.5. The normalized spacial score (nSPS) is 20.4. The van der Waals surface area contributed by atoms with Gasteiger partial charge in [-0.25, -0.2) is 0 Å². The summed E-state index contributed by atoms with van der Waals surface area (Å²) in [5.41, 5.74) is 14.0. The van der Waals surface area contributed by atoms with E-state index in [1.165, 1.54) is 58.7 Å². The van der Waals surface area contributed by atoms with Gasteiger partial charge in [0.1, 0.15) is 11.2 Å². The Hall–Kier alpha value is -5.60. The predicted octanol–water partition coefficient (Wildman–Crippen LogP) is 13.0. The lowest BCUT2D eigenvalue weighted by molar-refractivity contribution is 0.327. The summed E-state index contributed by atoms with van der Waals surface area (Å²) in [4.78, 5) is 2.38.